The molecule has 0 radical (unpaired) electrons. The standard InChI is InChI=1S/C17H23ClN2O2/c1-19-9-3-5-14(19)15-6-4-10-20(15)17(21)13-8-7-12(18)11-16(13)22-2/h7-8,11,14-15H,3-6,9-10H2,1-2H3. The lowest BCUT2D eigenvalue weighted by molar-refractivity contribution is 0.0661. The summed E-state index contributed by atoms with van der Waals surface area (Å²) in [7, 11) is 3.75. The molecule has 3 rings (SSSR count). The van der Waals surface area contributed by atoms with Gasteiger partial charge in [-0.15, -0.1) is 0 Å². The van der Waals surface area contributed by atoms with E-state index in [0.717, 1.165) is 25.9 Å². The van der Waals surface area contributed by atoms with Crippen molar-refractivity contribution in [2.45, 2.75) is 37.8 Å². The van der Waals surface area contributed by atoms with Crippen LogP contribution in [0.1, 0.15) is 36.0 Å². The molecular weight excluding hydrogens is 300 g/mol. The SMILES string of the molecule is COc1cc(Cl)ccc1C(=O)N1CCCC1C1CCCN1C. The van der Waals surface area contributed by atoms with Crippen LogP contribution in [0.15, 0.2) is 18.2 Å². The van der Waals surface area contributed by atoms with E-state index in [2.05, 4.69) is 11.9 Å². The Bertz CT molecular complexity index is 564. The van der Waals surface area contributed by atoms with Crippen molar-refractivity contribution < 1.29 is 9.53 Å². The highest BCUT2D eigenvalue weighted by Gasteiger charge is 2.39. The van der Waals surface area contributed by atoms with E-state index < -0.39 is 0 Å². The largest absolute Gasteiger partial charge is 0.496 e. The summed E-state index contributed by atoms with van der Waals surface area (Å²) >= 11 is 6.00. The summed E-state index contributed by atoms with van der Waals surface area (Å²) in [5.74, 6) is 0.624. The number of carbonyl (C=O) groups is 1. The van der Waals surface area contributed by atoms with E-state index in [-0.39, 0.29) is 5.91 Å². The molecule has 2 unspecified atom stereocenters. The van der Waals surface area contributed by atoms with Gasteiger partial charge in [0.2, 0.25) is 0 Å². The molecule has 0 N–H and O–H groups in total. The highest BCUT2D eigenvalue weighted by atomic mass is 35.5. The van der Waals surface area contributed by atoms with Gasteiger partial charge in [-0.25, -0.2) is 0 Å². The average Bonchev–Trinajstić information content (AvgIpc) is 3.14. The van der Waals surface area contributed by atoms with Gasteiger partial charge in [-0.1, -0.05) is 11.6 Å². The minimum atomic E-state index is 0.0660. The number of rotatable bonds is 3. The van der Waals surface area contributed by atoms with Gasteiger partial charge in [-0.2, -0.15) is 0 Å². The molecule has 0 aliphatic carbocycles. The molecule has 120 valence electrons. The Kier molecular flexibility index (Phi) is 4.59. The van der Waals surface area contributed by atoms with Gasteiger partial charge in [0, 0.05) is 23.7 Å². The van der Waals surface area contributed by atoms with Crippen molar-refractivity contribution in [3.05, 3.63) is 28.8 Å². The van der Waals surface area contributed by atoms with E-state index in [4.69, 9.17) is 16.3 Å². The van der Waals surface area contributed by atoms with Gasteiger partial charge < -0.3 is 14.5 Å². The quantitative estimate of drug-likeness (QED) is 0.857. The number of benzene rings is 1. The second kappa shape index (κ2) is 6.47. The minimum Gasteiger partial charge on any atom is -0.496 e. The average molecular weight is 323 g/mol. The van der Waals surface area contributed by atoms with Crippen LogP contribution in [0.2, 0.25) is 5.02 Å². The first-order valence-corrected chi connectivity index (χ1v) is 8.34. The fourth-order valence-corrected chi connectivity index (χ4v) is 4.03. The Morgan fingerprint density at radius 3 is 2.64 bits per heavy atom. The molecule has 2 heterocycles. The molecule has 1 amide bonds. The van der Waals surface area contributed by atoms with Gasteiger partial charge in [0.05, 0.1) is 12.7 Å². The first kappa shape index (κ1) is 15.6. The van der Waals surface area contributed by atoms with Crippen molar-refractivity contribution in [3.63, 3.8) is 0 Å². The van der Waals surface area contributed by atoms with E-state index in [1.165, 1.54) is 12.8 Å². The van der Waals surface area contributed by atoms with Gasteiger partial charge in [-0.3, -0.25) is 4.79 Å². The van der Waals surface area contributed by atoms with Gasteiger partial charge in [-0.05, 0) is 57.5 Å². The highest BCUT2D eigenvalue weighted by molar-refractivity contribution is 6.30. The third kappa shape index (κ3) is 2.82. The van der Waals surface area contributed by atoms with E-state index in [0.29, 0.717) is 28.4 Å². The van der Waals surface area contributed by atoms with Gasteiger partial charge in [0.25, 0.3) is 5.91 Å². The van der Waals surface area contributed by atoms with Crippen LogP contribution in [0, 0.1) is 0 Å². The number of halogens is 1. The topological polar surface area (TPSA) is 32.8 Å². The Morgan fingerprint density at radius 2 is 1.95 bits per heavy atom. The lowest BCUT2D eigenvalue weighted by Gasteiger charge is -2.33. The monoisotopic (exact) mass is 322 g/mol. The number of methoxy groups -OCH3 is 1. The maximum Gasteiger partial charge on any atom is 0.257 e. The van der Waals surface area contributed by atoms with Gasteiger partial charge >= 0.3 is 0 Å². The van der Waals surface area contributed by atoms with E-state index in [9.17, 15) is 4.79 Å². The molecule has 0 saturated carbocycles. The number of carbonyl (C=O) groups excluding carboxylic acids is 1. The molecule has 2 atom stereocenters. The Hall–Kier alpha value is -1.26. The van der Waals surface area contributed by atoms with Crippen LogP contribution >= 0.6 is 11.6 Å². The molecular formula is C17H23ClN2O2. The summed E-state index contributed by atoms with van der Waals surface area (Å²) in [6, 6.07) is 6.05. The van der Waals surface area contributed by atoms with Crippen LogP contribution in [-0.4, -0.2) is 55.0 Å². The van der Waals surface area contributed by atoms with Crippen LogP contribution in [-0.2, 0) is 0 Å². The smallest absolute Gasteiger partial charge is 0.257 e. The molecule has 4 nitrogen and oxygen atoms in total. The van der Waals surface area contributed by atoms with Crippen molar-refractivity contribution in [1.29, 1.82) is 0 Å². The zero-order valence-electron chi connectivity index (χ0n) is 13.2. The fraction of sp³-hybridized carbons (Fsp3) is 0.588. The zero-order valence-corrected chi connectivity index (χ0v) is 14.0. The zero-order chi connectivity index (χ0) is 15.7. The lowest BCUT2D eigenvalue weighted by Crippen LogP contribution is -2.47. The Balaban J connectivity index is 1.84. The first-order chi connectivity index (χ1) is 10.6. The summed E-state index contributed by atoms with van der Waals surface area (Å²) < 4.78 is 5.35. The van der Waals surface area contributed by atoms with Gasteiger partial charge in [0.1, 0.15) is 5.75 Å². The molecule has 0 bridgehead atoms. The molecule has 1 aromatic carbocycles. The number of ether oxygens (including phenoxy) is 1. The van der Waals surface area contributed by atoms with Crippen molar-refractivity contribution in [2.24, 2.45) is 0 Å². The van der Waals surface area contributed by atoms with Crippen LogP contribution in [0.4, 0.5) is 0 Å². The molecule has 1 aromatic rings. The van der Waals surface area contributed by atoms with Crippen LogP contribution < -0.4 is 4.74 Å². The predicted molar refractivity (Wildman–Crippen MR) is 87.7 cm³/mol. The van der Waals surface area contributed by atoms with Crippen LogP contribution in [0.5, 0.6) is 5.75 Å². The summed E-state index contributed by atoms with van der Waals surface area (Å²) in [5, 5.41) is 0.585. The molecule has 2 fully saturated rings. The summed E-state index contributed by atoms with van der Waals surface area (Å²) in [6.07, 6.45) is 4.58. The van der Waals surface area contributed by atoms with Crippen molar-refractivity contribution in [1.82, 2.24) is 9.80 Å². The van der Waals surface area contributed by atoms with E-state index >= 15 is 0 Å². The number of nitrogens with zero attached hydrogens (tertiary/aromatic N) is 2. The minimum absolute atomic E-state index is 0.0660. The second-order valence-corrected chi connectivity index (χ2v) is 6.68. The van der Waals surface area contributed by atoms with Crippen LogP contribution in [0.3, 0.4) is 0 Å². The lowest BCUT2D eigenvalue weighted by atomic mass is 10.0. The van der Waals surface area contributed by atoms with Crippen molar-refractivity contribution in [3.8, 4) is 5.75 Å². The third-order valence-corrected chi connectivity index (χ3v) is 5.21. The van der Waals surface area contributed by atoms with Crippen LogP contribution in [0.25, 0.3) is 0 Å². The first-order valence-electron chi connectivity index (χ1n) is 7.96. The maximum atomic E-state index is 13.0. The summed E-state index contributed by atoms with van der Waals surface area (Å²) in [4.78, 5) is 17.4. The number of likely N-dealkylation sites (tertiary alicyclic amines) is 2. The Morgan fingerprint density at radius 1 is 1.23 bits per heavy atom. The van der Waals surface area contributed by atoms with E-state index in [1.54, 1.807) is 25.3 Å². The second-order valence-electron chi connectivity index (χ2n) is 6.24. The third-order valence-electron chi connectivity index (χ3n) is 4.98. The van der Waals surface area contributed by atoms with Gasteiger partial charge in [0.15, 0.2) is 0 Å². The number of amides is 1. The van der Waals surface area contributed by atoms with Crippen molar-refractivity contribution >= 4 is 17.5 Å². The molecule has 22 heavy (non-hydrogen) atoms. The molecule has 2 aliphatic heterocycles. The predicted octanol–water partition coefficient (Wildman–Crippen LogP) is 3.05. The molecule has 5 heteroatoms. The highest BCUT2D eigenvalue weighted by Crippen LogP contribution is 2.32. The Labute approximate surface area is 137 Å². The molecule has 0 spiro atoms. The van der Waals surface area contributed by atoms with Crippen molar-refractivity contribution in [2.75, 3.05) is 27.2 Å². The molecule has 0 aromatic heterocycles. The summed E-state index contributed by atoms with van der Waals surface area (Å²) in [6.45, 7) is 1.97. The molecule has 2 saturated heterocycles. The normalized spacial score (nSPS) is 25.7. The number of hydrogen-bond donors (Lipinski definition) is 0. The number of hydrogen-bond acceptors (Lipinski definition) is 3. The fourth-order valence-electron chi connectivity index (χ4n) is 3.86. The number of likely N-dealkylation sites (N-methyl/N-ethyl adjacent to an activating group) is 1. The molecule has 2 aliphatic rings. The maximum absolute atomic E-state index is 13.0. The summed E-state index contributed by atoms with van der Waals surface area (Å²) in [5.41, 5.74) is 0.611. The van der Waals surface area contributed by atoms with E-state index in [1.807, 2.05) is 4.90 Å².